The molecule has 0 spiro atoms. The quantitative estimate of drug-likeness (QED) is 0.650. The molecule has 1 N–H and O–H groups in total. The molecule has 1 aromatic rings. The average Bonchev–Trinajstić information content (AvgIpc) is 2.69. The number of hydrogen-bond acceptors (Lipinski definition) is 3. The molecular weight excluding hydrogens is 250 g/mol. The monoisotopic (exact) mass is 281 g/mol. The Kier molecular flexibility index (Phi) is 7.93. The first-order valence-corrected chi connectivity index (χ1v) is 7.85. The zero-order valence-corrected chi connectivity index (χ0v) is 13.8. The highest BCUT2D eigenvalue weighted by Crippen LogP contribution is 2.16. The summed E-state index contributed by atoms with van der Waals surface area (Å²) in [7, 11) is 0. The van der Waals surface area contributed by atoms with E-state index in [1.807, 2.05) is 6.92 Å². The van der Waals surface area contributed by atoms with Gasteiger partial charge in [-0.3, -0.25) is 0 Å². The Morgan fingerprint density at radius 2 is 1.95 bits per heavy atom. The number of rotatable bonds is 10. The van der Waals surface area contributed by atoms with Gasteiger partial charge in [0.1, 0.15) is 11.5 Å². The van der Waals surface area contributed by atoms with E-state index in [0.29, 0.717) is 12.5 Å². The summed E-state index contributed by atoms with van der Waals surface area (Å²) in [4.78, 5) is 0. The van der Waals surface area contributed by atoms with Crippen molar-refractivity contribution >= 4 is 0 Å². The van der Waals surface area contributed by atoms with Gasteiger partial charge in [-0.2, -0.15) is 0 Å². The minimum absolute atomic E-state index is 0.662. The van der Waals surface area contributed by atoms with Gasteiger partial charge in [-0.1, -0.05) is 27.7 Å². The van der Waals surface area contributed by atoms with Crippen LogP contribution in [0.15, 0.2) is 10.5 Å². The lowest BCUT2D eigenvalue weighted by atomic mass is 10.1. The number of ether oxygens (including phenoxy) is 1. The number of furan rings is 1. The highest BCUT2D eigenvalue weighted by atomic mass is 16.5. The fraction of sp³-hybridized carbons (Fsp3) is 0.765. The van der Waals surface area contributed by atoms with Crippen LogP contribution in [0.1, 0.15) is 57.6 Å². The van der Waals surface area contributed by atoms with Crippen LogP contribution in [0.25, 0.3) is 0 Å². The van der Waals surface area contributed by atoms with E-state index in [1.165, 1.54) is 12.0 Å². The van der Waals surface area contributed by atoms with Crippen LogP contribution in [0.2, 0.25) is 0 Å². The summed E-state index contributed by atoms with van der Waals surface area (Å²) in [6.07, 6.45) is 2.37. The fourth-order valence-electron chi connectivity index (χ4n) is 2.08. The minimum Gasteiger partial charge on any atom is -0.465 e. The molecule has 1 aromatic heterocycles. The molecule has 0 fully saturated rings. The van der Waals surface area contributed by atoms with E-state index in [-0.39, 0.29) is 0 Å². The van der Waals surface area contributed by atoms with Crippen molar-refractivity contribution in [2.45, 2.75) is 60.6 Å². The predicted octanol–water partition coefficient (Wildman–Crippen LogP) is 4.29. The van der Waals surface area contributed by atoms with Gasteiger partial charge in [0.25, 0.3) is 0 Å². The molecule has 0 amide bonds. The number of hydrogen-bond donors (Lipinski definition) is 1. The van der Waals surface area contributed by atoms with Gasteiger partial charge in [-0.15, -0.1) is 0 Å². The highest BCUT2D eigenvalue weighted by Gasteiger charge is 2.07. The Bertz CT molecular complexity index is 369. The summed E-state index contributed by atoms with van der Waals surface area (Å²) in [6, 6.07) is 2.12. The van der Waals surface area contributed by atoms with Crippen molar-refractivity contribution in [3.63, 3.8) is 0 Å². The third-order valence-electron chi connectivity index (χ3n) is 3.25. The lowest BCUT2D eigenvalue weighted by Gasteiger charge is -2.05. The minimum atomic E-state index is 0.662. The molecule has 0 atom stereocenters. The van der Waals surface area contributed by atoms with Crippen molar-refractivity contribution in [1.82, 2.24) is 5.32 Å². The van der Waals surface area contributed by atoms with Crippen molar-refractivity contribution in [3.05, 3.63) is 23.2 Å². The first-order valence-electron chi connectivity index (χ1n) is 7.85. The van der Waals surface area contributed by atoms with Crippen LogP contribution < -0.4 is 5.32 Å². The van der Waals surface area contributed by atoms with E-state index >= 15 is 0 Å². The summed E-state index contributed by atoms with van der Waals surface area (Å²) in [5.74, 6) is 3.40. The summed E-state index contributed by atoms with van der Waals surface area (Å²) in [5.41, 5.74) is 1.18. The van der Waals surface area contributed by atoms with Crippen LogP contribution in [0.5, 0.6) is 0 Å². The third kappa shape index (κ3) is 7.11. The smallest absolute Gasteiger partial charge is 0.118 e. The molecule has 0 bridgehead atoms. The Morgan fingerprint density at radius 1 is 1.20 bits per heavy atom. The fourth-order valence-corrected chi connectivity index (χ4v) is 2.08. The summed E-state index contributed by atoms with van der Waals surface area (Å²) in [5, 5.41) is 3.40. The molecule has 3 heteroatoms. The van der Waals surface area contributed by atoms with Crippen LogP contribution >= 0.6 is 0 Å². The van der Waals surface area contributed by atoms with Gasteiger partial charge in [0.05, 0.1) is 13.2 Å². The molecule has 116 valence electrons. The van der Waals surface area contributed by atoms with E-state index in [2.05, 4.69) is 39.1 Å². The maximum Gasteiger partial charge on any atom is 0.118 e. The molecule has 1 heterocycles. The van der Waals surface area contributed by atoms with Crippen molar-refractivity contribution in [3.8, 4) is 0 Å². The lowest BCUT2D eigenvalue weighted by molar-refractivity contribution is 0.114. The molecule has 0 aliphatic heterocycles. The lowest BCUT2D eigenvalue weighted by Crippen LogP contribution is -2.18. The Hall–Kier alpha value is -0.800. The maximum absolute atomic E-state index is 5.75. The third-order valence-corrected chi connectivity index (χ3v) is 3.25. The summed E-state index contributed by atoms with van der Waals surface area (Å²) >= 11 is 0. The normalized spacial score (nSPS) is 11.8. The van der Waals surface area contributed by atoms with Crippen molar-refractivity contribution in [2.24, 2.45) is 11.8 Å². The van der Waals surface area contributed by atoms with Gasteiger partial charge in [0.2, 0.25) is 0 Å². The van der Waals surface area contributed by atoms with Crippen molar-refractivity contribution < 1.29 is 9.15 Å². The van der Waals surface area contributed by atoms with E-state index in [0.717, 1.165) is 43.6 Å². The average molecular weight is 281 g/mol. The molecule has 0 saturated carbocycles. The predicted molar refractivity (Wildman–Crippen MR) is 83.7 cm³/mol. The van der Waals surface area contributed by atoms with Crippen LogP contribution in [0.4, 0.5) is 0 Å². The van der Waals surface area contributed by atoms with Gasteiger partial charge in [-0.25, -0.2) is 0 Å². The summed E-state index contributed by atoms with van der Waals surface area (Å²) in [6.45, 7) is 14.2. The number of nitrogens with one attached hydrogen (secondary N) is 1. The molecule has 0 unspecified atom stereocenters. The first-order chi connectivity index (χ1) is 9.49. The van der Waals surface area contributed by atoms with E-state index in [1.54, 1.807) is 0 Å². The Morgan fingerprint density at radius 3 is 2.60 bits per heavy atom. The van der Waals surface area contributed by atoms with Gasteiger partial charge in [0.15, 0.2) is 0 Å². The molecule has 0 aliphatic carbocycles. The molecule has 0 saturated heterocycles. The number of aryl methyl sites for hydroxylation is 1. The van der Waals surface area contributed by atoms with Crippen LogP contribution in [0.3, 0.4) is 0 Å². The molecule has 20 heavy (non-hydrogen) atoms. The molecule has 0 aliphatic rings. The molecule has 0 aromatic carbocycles. The SMILES string of the molecule is Cc1oc(CNCC(C)C)cc1COCCCC(C)C. The van der Waals surface area contributed by atoms with E-state index < -0.39 is 0 Å². The zero-order valence-electron chi connectivity index (χ0n) is 13.8. The zero-order chi connectivity index (χ0) is 15.0. The largest absolute Gasteiger partial charge is 0.465 e. The molecule has 0 radical (unpaired) electrons. The molecule has 3 nitrogen and oxygen atoms in total. The second-order valence-corrected chi connectivity index (χ2v) is 6.41. The molecule has 1 rings (SSSR count). The maximum atomic E-state index is 5.75. The van der Waals surface area contributed by atoms with Crippen molar-refractivity contribution in [2.75, 3.05) is 13.2 Å². The van der Waals surface area contributed by atoms with Crippen LogP contribution in [-0.2, 0) is 17.9 Å². The summed E-state index contributed by atoms with van der Waals surface area (Å²) < 4.78 is 11.5. The van der Waals surface area contributed by atoms with Crippen LogP contribution in [0, 0.1) is 18.8 Å². The standard InChI is InChI=1S/C17H31NO2/c1-13(2)7-6-8-19-12-16-9-17(20-15(16)5)11-18-10-14(3)4/h9,13-14,18H,6-8,10-12H2,1-5H3. The van der Waals surface area contributed by atoms with Crippen molar-refractivity contribution in [1.29, 1.82) is 0 Å². The van der Waals surface area contributed by atoms with E-state index in [9.17, 15) is 0 Å². The first kappa shape index (κ1) is 17.3. The topological polar surface area (TPSA) is 34.4 Å². The van der Waals surface area contributed by atoms with Gasteiger partial charge >= 0.3 is 0 Å². The second-order valence-electron chi connectivity index (χ2n) is 6.41. The highest BCUT2D eigenvalue weighted by molar-refractivity contribution is 5.19. The Balaban J connectivity index is 2.26. The van der Waals surface area contributed by atoms with Gasteiger partial charge < -0.3 is 14.5 Å². The Labute approximate surface area is 124 Å². The molecular formula is C17H31NO2. The van der Waals surface area contributed by atoms with Gasteiger partial charge in [0, 0.05) is 12.2 Å². The van der Waals surface area contributed by atoms with E-state index in [4.69, 9.17) is 9.15 Å². The van der Waals surface area contributed by atoms with Crippen LogP contribution in [-0.4, -0.2) is 13.2 Å². The second kappa shape index (κ2) is 9.19. The van der Waals surface area contributed by atoms with Gasteiger partial charge in [-0.05, 0) is 44.2 Å².